The standard InChI is InChI=1S/C8H8FNO2/c1-4-6(8(11)12)3-10-5(2)7(4)9/h3H,1-2H3,(H,11,12). The quantitative estimate of drug-likeness (QED) is 0.693. The molecule has 0 spiro atoms. The summed E-state index contributed by atoms with van der Waals surface area (Å²) in [6, 6.07) is 0. The Morgan fingerprint density at radius 1 is 1.58 bits per heavy atom. The Labute approximate surface area is 68.9 Å². The minimum atomic E-state index is -1.15. The zero-order chi connectivity index (χ0) is 9.30. The molecule has 3 nitrogen and oxygen atoms in total. The van der Waals surface area contributed by atoms with Gasteiger partial charge in [0.1, 0.15) is 5.82 Å². The summed E-state index contributed by atoms with van der Waals surface area (Å²) < 4.78 is 13.0. The fourth-order valence-electron chi connectivity index (χ4n) is 0.920. The molecule has 1 aromatic heterocycles. The van der Waals surface area contributed by atoms with Gasteiger partial charge in [-0.05, 0) is 13.8 Å². The predicted molar refractivity (Wildman–Crippen MR) is 40.6 cm³/mol. The first-order valence-corrected chi connectivity index (χ1v) is 3.39. The highest BCUT2D eigenvalue weighted by atomic mass is 19.1. The molecule has 0 saturated carbocycles. The highest BCUT2D eigenvalue weighted by molar-refractivity contribution is 5.88. The number of carboxylic acid groups (broad SMARTS) is 1. The number of aromatic nitrogens is 1. The van der Waals surface area contributed by atoms with E-state index in [0.717, 1.165) is 6.20 Å². The molecule has 0 atom stereocenters. The van der Waals surface area contributed by atoms with Crippen LogP contribution in [-0.2, 0) is 0 Å². The highest BCUT2D eigenvalue weighted by Gasteiger charge is 2.12. The Morgan fingerprint density at radius 3 is 2.67 bits per heavy atom. The van der Waals surface area contributed by atoms with Crippen molar-refractivity contribution in [1.29, 1.82) is 0 Å². The molecule has 64 valence electrons. The van der Waals surface area contributed by atoms with Crippen molar-refractivity contribution in [3.05, 3.63) is 28.8 Å². The molecule has 1 N–H and O–H groups in total. The highest BCUT2D eigenvalue weighted by Crippen LogP contribution is 2.13. The largest absolute Gasteiger partial charge is 0.478 e. The molecule has 1 rings (SSSR count). The van der Waals surface area contributed by atoms with Gasteiger partial charge in [-0.1, -0.05) is 0 Å². The summed E-state index contributed by atoms with van der Waals surface area (Å²) in [6.07, 6.45) is 1.16. The molecule has 12 heavy (non-hydrogen) atoms. The maximum atomic E-state index is 13.0. The first-order valence-electron chi connectivity index (χ1n) is 3.39. The fraction of sp³-hybridized carbons (Fsp3) is 0.250. The van der Waals surface area contributed by atoms with Crippen molar-refractivity contribution in [2.75, 3.05) is 0 Å². The van der Waals surface area contributed by atoms with Crippen molar-refractivity contribution < 1.29 is 14.3 Å². The van der Waals surface area contributed by atoms with E-state index in [1.54, 1.807) is 0 Å². The van der Waals surface area contributed by atoms with Gasteiger partial charge in [-0.25, -0.2) is 9.18 Å². The number of carboxylic acids is 1. The summed E-state index contributed by atoms with van der Waals surface area (Å²) in [5.74, 6) is -1.70. The number of nitrogens with zero attached hydrogens (tertiary/aromatic N) is 1. The number of carbonyl (C=O) groups is 1. The second-order valence-electron chi connectivity index (χ2n) is 2.50. The van der Waals surface area contributed by atoms with E-state index in [1.165, 1.54) is 13.8 Å². The lowest BCUT2D eigenvalue weighted by molar-refractivity contribution is 0.0695. The van der Waals surface area contributed by atoms with Crippen LogP contribution in [0.3, 0.4) is 0 Å². The van der Waals surface area contributed by atoms with E-state index in [-0.39, 0.29) is 16.8 Å². The van der Waals surface area contributed by atoms with E-state index in [2.05, 4.69) is 4.98 Å². The van der Waals surface area contributed by atoms with Crippen LogP contribution < -0.4 is 0 Å². The molecule has 0 saturated heterocycles. The van der Waals surface area contributed by atoms with Crippen LogP contribution in [0.4, 0.5) is 4.39 Å². The summed E-state index contributed by atoms with van der Waals surface area (Å²) in [5, 5.41) is 8.57. The number of halogens is 1. The molecule has 0 aliphatic carbocycles. The summed E-state index contributed by atoms with van der Waals surface area (Å²) in [7, 11) is 0. The van der Waals surface area contributed by atoms with Crippen LogP contribution in [0.25, 0.3) is 0 Å². The van der Waals surface area contributed by atoms with E-state index in [1.807, 2.05) is 0 Å². The lowest BCUT2D eigenvalue weighted by Gasteiger charge is -2.02. The summed E-state index contributed by atoms with van der Waals surface area (Å²) >= 11 is 0. The molecule has 0 fully saturated rings. The maximum absolute atomic E-state index is 13.0. The Bertz CT molecular complexity index is 336. The van der Waals surface area contributed by atoms with E-state index < -0.39 is 11.8 Å². The smallest absolute Gasteiger partial charge is 0.337 e. The number of hydrogen-bond donors (Lipinski definition) is 1. The molecule has 0 bridgehead atoms. The summed E-state index contributed by atoms with van der Waals surface area (Å²) in [4.78, 5) is 14.1. The monoisotopic (exact) mass is 169 g/mol. The van der Waals surface area contributed by atoms with Crippen LogP contribution >= 0.6 is 0 Å². The zero-order valence-electron chi connectivity index (χ0n) is 6.76. The van der Waals surface area contributed by atoms with Crippen LogP contribution in [0.2, 0.25) is 0 Å². The Kier molecular flexibility index (Phi) is 2.08. The normalized spacial score (nSPS) is 9.92. The second kappa shape index (κ2) is 2.89. The van der Waals surface area contributed by atoms with E-state index in [9.17, 15) is 9.18 Å². The SMILES string of the molecule is Cc1ncc(C(=O)O)c(C)c1F. The molecule has 0 unspecified atom stereocenters. The zero-order valence-corrected chi connectivity index (χ0v) is 6.76. The van der Waals surface area contributed by atoms with Gasteiger partial charge in [-0.3, -0.25) is 4.98 Å². The Hall–Kier alpha value is -1.45. The molecule has 4 heteroatoms. The minimum absolute atomic E-state index is 0.0851. The van der Waals surface area contributed by atoms with Gasteiger partial charge in [0.15, 0.2) is 0 Å². The van der Waals surface area contributed by atoms with Gasteiger partial charge in [0.25, 0.3) is 0 Å². The van der Waals surface area contributed by atoms with Gasteiger partial charge in [-0.15, -0.1) is 0 Å². The van der Waals surface area contributed by atoms with Crippen LogP contribution in [0.1, 0.15) is 21.6 Å². The molecule has 0 aromatic carbocycles. The third-order valence-electron chi connectivity index (χ3n) is 1.67. The Morgan fingerprint density at radius 2 is 2.17 bits per heavy atom. The van der Waals surface area contributed by atoms with Gasteiger partial charge in [0.05, 0.1) is 11.3 Å². The van der Waals surface area contributed by atoms with Gasteiger partial charge >= 0.3 is 5.97 Å². The van der Waals surface area contributed by atoms with Crippen molar-refractivity contribution >= 4 is 5.97 Å². The summed E-state index contributed by atoms with van der Waals surface area (Å²) in [6.45, 7) is 2.92. The Balaban J connectivity index is 3.36. The third-order valence-corrected chi connectivity index (χ3v) is 1.67. The average molecular weight is 169 g/mol. The molecular formula is C8H8FNO2. The summed E-state index contributed by atoms with van der Waals surface area (Å²) in [5.41, 5.74) is 0.269. The number of aryl methyl sites for hydroxylation is 1. The van der Waals surface area contributed by atoms with E-state index in [4.69, 9.17) is 5.11 Å². The number of pyridine rings is 1. The van der Waals surface area contributed by atoms with Crippen LogP contribution in [0, 0.1) is 19.7 Å². The van der Waals surface area contributed by atoms with Crippen LogP contribution in [-0.4, -0.2) is 16.1 Å². The topological polar surface area (TPSA) is 50.2 Å². The van der Waals surface area contributed by atoms with Gasteiger partial charge in [0.2, 0.25) is 0 Å². The van der Waals surface area contributed by atoms with Gasteiger partial charge in [0, 0.05) is 11.8 Å². The molecule has 0 radical (unpaired) electrons. The van der Waals surface area contributed by atoms with Gasteiger partial charge in [-0.2, -0.15) is 0 Å². The molecule has 0 aliphatic heterocycles. The van der Waals surface area contributed by atoms with Gasteiger partial charge < -0.3 is 5.11 Å². The third kappa shape index (κ3) is 1.28. The molecule has 1 aromatic rings. The van der Waals surface area contributed by atoms with Crippen molar-refractivity contribution in [3.8, 4) is 0 Å². The molecule has 0 aliphatic rings. The average Bonchev–Trinajstić information content (AvgIpc) is 2.00. The number of hydrogen-bond acceptors (Lipinski definition) is 2. The van der Waals surface area contributed by atoms with E-state index in [0.29, 0.717) is 0 Å². The number of rotatable bonds is 1. The number of aromatic carboxylic acids is 1. The van der Waals surface area contributed by atoms with Crippen molar-refractivity contribution in [2.45, 2.75) is 13.8 Å². The lowest BCUT2D eigenvalue weighted by Crippen LogP contribution is -2.04. The second-order valence-corrected chi connectivity index (χ2v) is 2.50. The molecular weight excluding hydrogens is 161 g/mol. The fourth-order valence-corrected chi connectivity index (χ4v) is 0.920. The minimum Gasteiger partial charge on any atom is -0.478 e. The van der Waals surface area contributed by atoms with Crippen molar-refractivity contribution in [1.82, 2.24) is 4.98 Å². The van der Waals surface area contributed by atoms with Crippen LogP contribution in [0.15, 0.2) is 6.20 Å². The molecule has 1 heterocycles. The van der Waals surface area contributed by atoms with Crippen molar-refractivity contribution in [3.63, 3.8) is 0 Å². The van der Waals surface area contributed by atoms with Crippen molar-refractivity contribution in [2.24, 2.45) is 0 Å². The van der Waals surface area contributed by atoms with Crippen LogP contribution in [0.5, 0.6) is 0 Å². The maximum Gasteiger partial charge on any atom is 0.337 e. The lowest BCUT2D eigenvalue weighted by atomic mass is 10.1. The molecule has 0 amide bonds. The first-order chi connectivity index (χ1) is 5.54. The van der Waals surface area contributed by atoms with E-state index >= 15 is 0 Å². The predicted octanol–water partition coefficient (Wildman–Crippen LogP) is 1.54. The first kappa shape index (κ1) is 8.64.